The van der Waals surface area contributed by atoms with E-state index >= 15 is 0 Å². The molecule has 0 heterocycles. The van der Waals surface area contributed by atoms with Crippen LogP contribution < -0.4 is 5.73 Å². The zero-order chi connectivity index (χ0) is 8.85. The van der Waals surface area contributed by atoms with Gasteiger partial charge in [0.15, 0.2) is 0 Å². The smallest absolute Gasteiger partial charge is 0.0314 e. The lowest BCUT2D eigenvalue weighted by molar-refractivity contribution is 1.35. The van der Waals surface area contributed by atoms with Gasteiger partial charge in [-0.3, -0.25) is 0 Å². The summed E-state index contributed by atoms with van der Waals surface area (Å²) >= 11 is 0. The number of nitrogens with two attached hydrogens (primary N) is 1. The Bertz CT molecular complexity index is 215. The SMILES string of the molecule is C=C/C(=C\C=C(C)C)C(=C)N. The first-order valence-corrected chi connectivity index (χ1v) is 3.50. The van der Waals surface area contributed by atoms with Gasteiger partial charge in [0, 0.05) is 5.70 Å². The Morgan fingerprint density at radius 2 is 1.82 bits per heavy atom. The summed E-state index contributed by atoms with van der Waals surface area (Å²) in [6.07, 6.45) is 5.58. The summed E-state index contributed by atoms with van der Waals surface area (Å²) in [5, 5.41) is 0. The molecule has 0 aromatic heterocycles. The second kappa shape index (κ2) is 4.56. The lowest BCUT2D eigenvalue weighted by atomic mass is 10.2. The van der Waals surface area contributed by atoms with Crippen molar-refractivity contribution in [1.29, 1.82) is 0 Å². The van der Waals surface area contributed by atoms with Gasteiger partial charge in [-0.05, 0) is 19.4 Å². The summed E-state index contributed by atoms with van der Waals surface area (Å²) in [7, 11) is 0. The second-order valence-corrected chi connectivity index (χ2v) is 2.60. The molecule has 0 aliphatic heterocycles. The van der Waals surface area contributed by atoms with Crippen LogP contribution in [0.2, 0.25) is 0 Å². The highest BCUT2D eigenvalue weighted by Crippen LogP contribution is 2.03. The molecule has 0 bridgehead atoms. The van der Waals surface area contributed by atoms with Crippen molar-refractivity contribution in [2.45, 2.75) is 13.8 Å². The van der Waals surface area contributed by atoms with Crippen LogP contribution in [0.25, 0.3) is 0 Å². The van der Waals surface area contributed by atoms with Gasteiger partial charge >= 0.3 is 0 Å². The molecular weight excluding hydrogens is 134 g/mol. The maximum atomic E-state index is 5.47. The second-order valence-electron chi connectivity index (χ2n) is 2.60. The van der Waals surface area contributed by atoms with E-state index in [2.05, 4.69) is 13.2 Å². The fourth-order valence-corrected chi connectivity index (χ4v) is 0.563. The maximum absolute atomic E-state index is 5.47. The number of allylic oxidation sites excluding steroid dienone is 4. The Kier molecular flexibility index (Phi) is 4.04. The van der Waals surface area contributed by atoms with Crippen molar-refractivity contribution < 1.29 is 0 Å². The van der Waals surface area contributed by atoms with E-state index in [9.17, 15) is 0 Å². The molecule has 0 saturated carbocycles. The minimum Gasteiger partial charge on any atom is -0.399 e. The third-order valence-electron chi connectivity index (χ3n) is 1.19. The van der Waals surface area contributed by atoms with Gasteiger partial charge in [0.25, 0.3) is 0 Å². The molecule has 0 radical (unpaired) electrons. The summed E-state index contributed by atoms with van der Waals surface area (Å²) in [4.78, 5) is 0. The van der Waals surface area contributed by atoms with E-state index in [1.54, 1.807) is 6.08 Å². The van der Waals surface area contributed by atoms with Crippen LogP contribution in [-0.2, 0) is 0 Å². The van der Waals surface area contributed by atoms with Crippen molar-refractivity contribution in [3.63, 3.8) is 0 Å². The highest BCUT2D eigenvalue weighted by molar-refractivity contribution is 5.37. The number of hydrogen-bond donors (Lipinski definition) is 1. The zero-order valence-electron chi connectivity index (χ0n) is 7.22. The zero-order valence-corrected chi connectivity index (χ0v) is 7.22. The largest absolute Gasteiger partial charge is 0.399 e. The van der Waals surface area contributed by atoms with Gasteiger partial charge < -0.3 is 5.73 Å². The van der Waals surface area contributed by atoms with Crippen molar-refractivity contribution in [3.8, 4) is 0 Å². The van der Waals surface area contributed by atoms with Crippen LogP contribution in [0.3, 0.4) is 0 Å². The summed E-state index contributed by atoms with van der Waals surface area (Å²) in [5.41, 5.74) is 8.13. The third-order valence-corrected chi connectivity index (χ3v) is 1.19. The van der Waals surface area contributed by atoms with E-state index in [1.165, 1.54) is 5.57 Å². The molecule has 0 aromatic carbocycles. The Morgan fingerprint density at radius 3 is 2.09 bits per heavy atom. The monoisotopic (exact) mass is 149 g/mol. The number of hydrogen-bond acceptors (Lipinski definition) is 1. The quantitative estimate of drug-likeness (QED) is 0.613. The van der Waals surface area contributed by atoms with Gasteiger partial charge in [-0.1, -0.05) is 37.0 Å². The van der Waals surface area contributed by atoms with Crippen molar-refractivity contribution in [3.05, 3.63) is 48.2 Å². The Hall–Kier alpha value is -1.24. The van der Waals surface area contributed by atoms with E-state index in [0.717, 1.165) is 5.57 Å². The molecule has 0 aliphatic rings. The molecule has 0 aliphatic carbocycles. The molecule has 0 unspecified atom stereocenters. The highest BCUT2D eigenvalue weighted by atomic mass is 14.6. The molecule has 2 N–H and O–H groups in total. The predicted molar refractivity (Wildman–Crippen MR) is 51.0 cm³/mol. The molecule has 0 amide bonds. The van der Waals surface area contributed by atoms with Crippen LogP contribution in [0.4, 0.5) is 0 Å². The summed E-state index contributed by atoms with van der Waals surface area (Å²) in [6.45, 7) is 11.3. The number of rotatable bonds is 3. The van der Waals surface area contributed by atoms with Crippen molar-refractivity contribution >= 4 is 0 Å². The van der Waals surface area contributed by atoms with Gasteiger partial charge in [0.2, 0.25) is 0 Å². The van der Waals surface area contributed by atoms with Gasteiger partial charge in [-0.25, -0.2) is 0 Å². The lowest BCUT2D eigenvalue weighted by Gasteiger charge is -1.96. The van der Waals surface area contributed by atoms with Crippen molar-refractivity contribution in [2.24, 2.45) is 5.73 Å². The normalized spacial score (nSPS) is 10.5. The van der Waals surface area contributed by atoms with Crippen LogP contribution in [0.1, 0.15) is 13.8 Å². The average Bonchev–Trinajstić information content (AvgIpc) is 1.87. The van der Waals surface area contributed by atoms with Crippen molar-refractivity contribution in [2.75, 3.05) is 0 Å². The van der Waals surface area contributed by atoms with E-state index in [4.69, 9.17) is 5.73 Å². The third kappa shape index (κ3) is 4.20. The van der Waals surface area contributed by atoms with Crippen LogP contribution >= 0.6 is 0 Å². The lowest BCUT2D eigenvalue weighted by Crippen LogP contribution is -1.95. The first-order chi connectivity index (χ1) is 5.07. The van der Waals surface area contributed by atoms with Crippen LogP contribution in [-0.4, -0.2) is 0 Å². The molecule has 0 aromatic rings. The molecule has 11 heavy (non-hydrogen) atoms. The summed E-state index contributed by atoms with van der Waals surface area (Å²) in [6, 6.07) is 0. The van der Waals surface area contributed by atoms with E-state index in [1.807, 2.05) is 26.0 Å². The topological polar surface area (TPSA) is 26.0 Å². The van der Waals surface area contributed by atoms with E-state index in [0.29, 0.717) is 5.70 Å². The molecular formula is C10H15N. The maximum Gasteiger partial charge on any atom is 0.0314 e. The molecule has 60 valence electrons. The molecule has 1 nitrogen and oxygen atoms in total. The molecule has 0 rings (SSSR count). The minimum absolute atomic E-state index is 0.553. The van der Waals surface area contributed by atoms with Gasteiger partial charge in [-0.15, -0.1) is 0 Å². The fraction of sp³-hybridized carbons (Fsp3) is 0.200. The van der Waals surface area contributed by atoms with Gasteiger partial charge in [0.05, 0.1) is 0 Å². The Labute approximate surface area is 68.6 Å². The molecule has 0 fully saturated rings. The van der Waals surface area contributed by atoms with Crippen LogP contribution in [0.5, 0.6) is 0 Å². The van der Waals surface area contributed by atoms with E-state index in [-0.39, 0.29) is 0 Å². The van der Waals surface area contributed by atoms with Crippen LogP contribution in [0, 0.1) is 0 Å². The predicted octanol–water partition coefficient (Wildman–Crippen LogP) is 2.54. The Balaban J connectivity index is 4.50. The minimum atomic E-state index is 0.553. The van der Waals surface area contributed by atoms with Gasteiger partial charge in [0.1, 0.15) is 0 Å². The summed E-state index contributed by atoms with van der Waals surface area (Å²) in [5.74, 6) is 0. The Morgan fingerprint density at radius 1 is 1.27 bits per heavy atom. The first kappa shape index (κ1) is 9.76. The first-order valence-electron chi connectivity index (χ1n) is 3.50. The van der Waals surface area contributed by atoms with Crippen LogP contribution in [0.15, 0.2) is 48.2 Å². The highest BCUT2D eigenvalue weighted by Gasteiger charge is 1.88. The summed E-state index contributed by atoms with van der Waals surface area (Å²) < 4.78 is 0. The standard InChI is InChI=1S/C10H15N/c1-5-10(9(4)11)7-6-8(2)3/h5-7H,1,4,11H2,2-3H3/b10-7+. The van der Waals surface area contributed by atoms with Gasteiger partial charge in [-0.2, -0.15) is 0 Å². The molecule has 1 heteroatoms. The molecule has 0 atom stereocenters. The molecule has 0 saturated heterocycles. The van der Waals surface area contributed by atoms with E-state index < -0.39 is 0 Å². The fourth-order valence-electron chi connectivity index (χ4n) is 0.563. The molecule has 0 spiro atoms. The average molecular weight is 149 g/mol. The van der Waals surface area contributed by atoms with Crippen molar-refractivity contribution in [1.82, 2.24) is 0 Å².